The fourth-order valence-electron chi connectivity index (χ4n) is 2.57. The first-order chi connectivity index (χ1) is 12.0. The molecule has 1 N–H and O–H groups in total. The number of ether oxygens (including phenoxy) is 1. The highest BCUT2D eigenvalue weighted by molar-refractivity contribution is 5.97. The number of carbonyl (C=O) groups excluding carboxylic acids is 2. The van der Waals surface area contributed by atoms with Crippen molar-refractivity contribution < 1.29 is 14.3 Å². The molecular weight excluding hydrogens is 316 g/mol. The summed E-state index contributed by atoms with van der Waals surface area (Å²) in [5, 5.41) is 2.86. The molecule has 0 spiro atoms. The summed E-state index contributed by atoms with van der Waals surface area (Å²) in [5.74, 6) is -0.403. The molecule has 2 rings (SSSR count). The van der Waals surface area contributed by atoms with Crippen molar-refractivity contribution in [3.05, 3.63) is 71.3 Å². The van der Waals surface area contributed by atoms with Gasteiger partial charge in [-0.1, -0.05) is 42.5 Å². The molecule has 0 aromatic heterocycles. The van der Waals surface area contributed by atoms with E-state index in [0.717, 1.165) is 11.1 Å². The van der Waals surface area contributed by atoms with Crippen LogP contribution in [-0.4, -0.2) is 44.0 Å². The maximum absolute atomic E-state index is 12.6. The van der Waals surface area contributed by atoms with E-state index in [1.165, 1.54) is 4.90 Å². The number of amides is 2. The quantitative estimate of drug-likeness (QED) is 0.841. The average molecular weight is 340 g/mol. The van der Waals surface area contributed by atoms with Crippen molar-refractivity contribution in [2.24, 2.45) is 0 Å². The van der Waals surface area contributed by atoms with Crippen molar-refractivity contribution >= 4 is 11.8 Å². The molecule has 25 heavy (non-hydrogen) atoms. The summed E-state index contributed by atoms with van der Waals surface area (Å²) in [4.78, 5) is 26.6. The third kappa shape index (κ3) is 5.43. The number of methoxy groups -OCH3 is 1. The average Bonchev–Trinajstić information content (AvgIpc) is 2.61. The van der Waals surface area contributed by atoms with Gasteiger partial charge in [0, 0.05) is 33.2 Å². The molecule has 132 valence electrons. The van der Waals surface area contributed by atoms with Gasteiger partial charge in [0.2, 0.25) is 5.91 Å². The second-order valence-corrected chi connectivity index (χ2v) is 6.08. The second-order valence-electron chi connectivity index (χ2n) is 6.08. The number of nitrogens with one attached hydrogen (secondary N) is 1. The van der Waals surface area contributed by atoms with E-state index in [4.69, 9.17) is 4.74 Å². The molecule has 0 fully saturated rings. The predicted molar refractivity (Wildman–Crippen MR) is 97.2 cm³/mol. The Kier molecular flexibility index (Phi) is 6.71. The Balaban J connectivity index is 2.16. The summed E-state index contributed by atoms with van der Waals surface area (Å²) in [6.45, 7) is 0.436. The Labute approximate surface area is 148 Å². The monoisotopic (exact) mass is 340 g/mol. The SMILES string of the molecule is COCc1cccc(C(=O)N[C@@H](Cc2ccccc2)C(=O)N(C)C)c1. The molecule has 2 aromatic carbocycles. The molecule has 0 aliphatic heterocycles. The van der Waals surface area contributed by atoms with Gasteiger partial charge in [0.15, 0.2) is 0 Å². The lowest BCUT2D eigenvalue weighted by atomic mass is 10.0. The van der Waals surface area contributed by atoms with Crippen molar-refractivity contribution in [1.29, 1.82) is 0 Å². The molecule has 0 bridgehead atoms. The molecule has 5 nitrogen and oxygen atoms in total. The minimum absolute atomic E-state index is 0.134. The Bertz CT molecular complexity index is 714. The summed E-state index contributed by atoms with van der Waals surface area (Å²) < 4.78 is 5.10. The fourth-order valence-corrected chi connectivity index (χ4v) is 2.57. The molecule has 0 saturated heterocycles. The smallest absolute Gasteiger partial charge is 0.251 e. The lowest BCUT2D eigenvalue weighted by Gasteiger charge is -2.22. The van der Waals surface area contributed by atoms with Gasteiger partial charge in [0.25, 0.3) is 5.91 Å². The Morgan fingerprint density at radius 1 is 1.04 bits per heavy atom. The van der Waals surface area contributed by atoms with E-state index in [9.17, 15) is 9.59 Å². The summed E-state index contributed by atoms with van der Waals surface area (Å²) >= 11 is 0. The largest absolute Gasteiger partial charge is 0.380 e. The third-order valence-corrected chi connectivity index (χ3v) is 3.83. The minimum atomic E-state index is -0.615. The summed E-state index contributed by atoms with van der Waals surface area (Å²) in [7, 11) is 4.98. The van der Waals surface area contributed by atoms with Crippen LogP contribution in [0.3, 0.4) is 0 Å². The number of hydrogen-bond donors (Lipinski definition) is 1. The zero-order valence-corrected chi connectivity index (χ0v) is 14.9. The standard InChI is InChI=1S/C20H24N2O3/c1-22(2)20(24)18(13-15-8-5-4-6-9-15)21-19(23)17-11-7-10-16(12-17)14-25-3/h4-12,18H,13-14H2,1-3H3,(H,21,23)/t18-/m0/s1. The first-order valence-electron chi connectivity index (χ1n) is 8.15. The number of benzene rings is 2. The lowest BCUT2D eigenvalue weighted by Crippen LogP contribution is -2.47. The number of carbonyl (C=O) groups is 2. The molecule has 5 heteroatoms. The van der Waals surface area contributed by atoms with Crippen LogP contribution in [0.4, 0.5) is 0 Å². The lowest BCUT2D eigenvalue weighted by molar-refractivity contribution is -0.130. The van der Waals surface area contributed by atoms with Gasteiger partial charge in [-0.2, -0.15) is 0 Å². The van der Waals surface area contributed by atoms with Gasteiger partial charge in [-0.05, 0) is 23.3 Å². The van der Waals surface area contributed by atoms with Gasteiger partial charge in [-0.25, -0.2) is 0 Å². The van der Waals surface area contributed by atoms with Gasteiger partial charge >= 0.3 is 0 Å². The molecule has 0 radical (unpaired) electrons. The van der Waals surface area contributed by atoms with Gasteiger partial charge in [-0.15, -0.1) is 0 Å². The highest BCUT2D eigenvalue weighted by Crippen LogP contribution is 2.09. The molecule has 0 unspecified atom stereocenters. The van der Waals surface area contributed by atoms with Crippen LogP contribution in [0.5, 0.6) is 0 Å². The van der Waals surface area contributed by atoms with E-state index in [1.54, 1.807) is 33.3 Å². The predicted octanol–water partition coefficient (Wildman–Crippen LogP) is 2.26. The second kappa shape index (κ2) is 8.99. The van der Waals surface area contributed by atoms with Crippen molar-refractivity contribution in [2.75, 3.05) is 21.2 Å². The molecule has 0 saturated carbocycles. The summed E-state index contributed by atoms with van der Waals surface area (Å²) in [6.07, 6.45) is 0.446. The van der Waals surface area contributed by atoms with Crippen molar-refractivity contribution in [3.63, 3.8) is 0 Å². The summed E-state index contributed by atoms with van der Waals surface area (Å²) in [5.41, 5.74) is 2.42. The first kappa shape index (κ1) is 18.7. The minimum Gasteiger partial charge on any atom is -0.380 e. The number of likely N-dealkylation sites (N-methyl/N-ethyl adjacent to an activating group) is 1. The van der Waals surface area contributed by atoms with Crippen LogP contribution in [0, 0.1) is 0 Å². The van der Waals surface area contributed by atoms with E-state index in [2.05, 4.69) is 5.32 Å². The topological polar surface area (TPSA) is 58.6 Å². The number of hydrogen-bond acceptors (Lipinski definition) is 3. The fraction of sp³-hybridized carbons (Fsp3) is 0.300. The maximum atomic E-state index is 12.6. The van der Waals surface area contributed by atoms with Crippen LogP contribution in [-0.2, 0) is 22.6 Å². The molecule has 2 aromatic rings. The third-order valence-electron chi connectivity index (χ3n) is 3.83. The molecule has 0 aliphatic rings. The van der Waals surface area contributed by atoms with E-state index in [0.29, 0.717) is 18.6 Å². The van der Waals surface area contributed by atoms with Crippen LogP contribution in [0.25, 0.3) is 0 Å². The zero-order valence-electron chi connectivity index (χ0n) is 14.9. The number of nitrogens with zero attached hydrogens (tertiary/aromatic N) is 1. The van der Waals surface area contributed by atoms with Gasteiger partial charge in [-0.3, -0.25) is 9.59 Å². The molecule has 0 aliphatic carbocycles. The van der Waals surface area contributed by atoms with E-state index < -0.39 is 6.04 Å². The summed E-state index contributed by atoms with van der Waals surface area (Å²) in [6, 6.07) is 16.2. The van der Waals surface area contributed by atoms with Crippen LogP contribution >= 0.6 is 0 Å². The van der Waals surface area contributed by atoms with E-state index >= 15 is 0 Å². The highest BCUT2D eigenvalue weighted by Gasteiger charge is 2.23. The van der Waals surface area contributed by atoms with E-state index in [1.807, 2.05) is 42.5 Å². The van der Waals surface area contributed by atoms with Gasteiger partial charge < -0.3 is 15.0 Å². The Hall–Kier alpha value is -2.66. The van der Waals surface area contributed by atoms with E-state index in [-0.39, 0.29) is 11.8 Å². The molecule has 1 atom stereocenters. The highest BCUT2D eigenvalue weighted by atomic mass is 16.5. The van der Waals surface area contributed by atoms with Gasteiger partial charge in [0.05, 0.1) is 6.61 Å². The molecule has 0 heterocycles. The Morgan fingerprint density at radius 3 is 2.36 bits per heavy atom. The van der Waals surface area contributed by atoms with Crippen LogP contribution < -0.4 is 5.32 Å². The van der Waals surface area contributed by atoms with Crippen LogP contribution in [0.1, 0.15) is 21.5 Å². The Morgan fingerprint density at radius 2 is 1.72 bits per heavy atom. The van der Waals surface area contributed by atoms with Crippen LogP contribution in [0.2, 0.25) is 0 Å². The molecular formula is C20H24N2O3. The van der Waals surface area contributed by atoms with Crippen LogP contribution in [0.15, 0.2) is 54.6 Å². The zero-order chi connectivity index (χ0) is 18.2. The first-order valence-corrected chi connectivity index (χ1v) is 8.15. The normalized spacial score (nSPS) is 11.6. The maximum Gasteiger partial charge on any atom is 0.251 e. The van der Waals surface area contributed by atoms with Crippen molar-refractivity contribution in [1.82, 2.24) is 10.2 Å². The van der Waals surface area contributed by atoms with Crippen molar-refractivity contribution in [3.8, 4) is 0 Å². The van der Waals surface area contributed by atoms with Crippen molar-refractivity contribution in [2.45, 2.75) is 19.1 Å². The van der Waals surface area contributed by atoms with Gasteiger partial charge in [0.1, 0.15) is 6.04 Å². The number of rotatable bonds is 7. The molecule has 2 amide bonds.